The number of carbonyl (C=O) groups excluding carboxylic acids is 1. The highest BCUT2D eigenvalue weighted by molar-refractivity contribution is 7.92. The third kappa shape index (κ3) is 3.83. The molecular formula is C22H25NO4S. The van der Waals surface area contributed by atoms with Crippen LogP contribution in [0.15, 0.2) is 59.0 Å². The summed E-state index contributed by atoms with van der Waals surface area (Å²) >= 11 is 0. The number of rotatable bonds is 6. The molecule has 0 N–H and O–H groups in total. The first kappa shape index (κ1) is 20.1. The molecular weight excluding hydrogens is 374 g/mol. The molecule has 0 atom stereocenters. The minimum atomic E-state index is -3.80. The number of benzene rings is 2. The van der Waals surface area contributed by atoms with Crippen LogP contribution in [-0.2, 0) is 10.0 Å². The molecule has 1 aliphatic heterocycles. The van der Waals surface area contributed by atoms with Gasteiger partial charge in [0.25, 0.3) is 10.0 Å². The Morgan fingerprint density at radius 3 is 2.50 bits per heavy atom. The number of sulfonamides is 1. The van der Waals surface area contributed by atoms with Crippen LogP contribution in [0.2, 0.25) is 0 Å². The summed E-state index contributed by atoms with van der Waals surface area (Å²) in [5.41, 5.74) is 2.23. The van der Waals surface area contributed by atoms with Crippen molar-refractivity contribution in [1.82, 2.24) is 0 Å². The van der Waals surface area contributed by atoms with Crippen molar-refractivity contribution in [3.8, 4) is 5.75 Å². The molecule has 0 saturated heterocycles. The summed E-state index contributed by atoms with van der Waals surface area (Å²) in [6.07, 6.45) is 4.57. The average Bonchev–Trinajstić information content (AvgIpc) is 2.69. The Kier molecular flexibility index (Phi) is 5.89. The molecule has 0 amide bonds. The van der Waals surface area contributed by atoms with Crippen molar-refractivity contribution in [2.24, 2.45) is 0 Å². The smallest absolute Gasteiger partial charge is 0.264 e. The fourth-order valence-electron chi connectivity index (χ4n) is 3.22. The highest BCUT2D eigenvalue weighted by Crippen LogP contribution is 2.36. The zero-order valence-corrected chi connectivity index (χ0v) is 17.3. The summed E-state index contributed by atoms with van der Waals surface area (Å²) in [4.78, 5) is 13.2. The summed E-state index contributed by atoms with van der Waals surface area (Å²) in [5, 5.41) is 0. The van der Waals surface area contributed by atoms with Gasteiger partial charge in [0.15, 0.2) is 5.78 Å². The van der Waals surface area contributed by atoms with Crippen molar-refractivity contribution >= 4 is 21.5 Å². The number of fused-ring (bicyclic) bond motifs is 1. The van der Waals surface area contributed by atoms with Crippen molar-refractivity contribution < 1.29 is 17.9 Å². The predicted octanol–water partition coefficient (Wildman–Crippen LogP) is 4.51. The van der Waals surface area contributed by atoms with E-state index < -0.39 is 10.0 Å². The van der Waals surface area contributed by atoms with Gasteiger partial charge in [0, 0.05) is 5.57 Å². The van der Waals surface area contributed by atoms with Crippen LogP contribution in [0.4, 0.5) is 5.69 Å². The summed E-state index contributed by atoms with van der Waals surface area (Å²) in [7, 11) is -2.28. The highest BCUT2D eigenvalue weighted by Gasteiger charge is 2.35. The molecule has 1 heterocycles. The lowest BCUT2D eigenvalue weighted by atomic mass is 9.96. The Labute approximate surface area is 166 Å². The van der Waals surface area contributed by atoms with Gasteiger partial charge in [-0.2, -0.15) is 0 Å². The maximum absolute atomic E-state index is 13.4. The van der Waals surface area contributed by atoms with Gasteiger partial charge in [-0.15, -0.1) is 0 Å². The second-order valence-electron chi connectivity index (χ2n) is 6.91. The summed E-state index contributed by atoms with van der Waals surface area (Å²) in [5.74, 6) is 0.384. The number of nitrogens with zero attached hydrogens (tertiary/aromatic N) is 1. The SMILES string of the molecule is CCCCC=C1CN(S(=O)(=O)c2ccc(C)cc2)c2ccc(OC)cc2C1=O. The lowest BCUT2D eigenvalue weighted by molar-refractivity contribution is 0.103. The Morgan fingerprint density at radius 1 is 1.14 bits per heavy atom. The maximum atomic E-state index is 13.4. The number of methoxy groups -OCH3 is 1. The molecule has 2 aromatic carbocycles. The lowest BCUT2D eigenvalue weighted by Crippen LogP contribution is -2.39. The molecule has 0 saturated carbocycles. The quantitative estimate of drug-likeness (QED) is 0.529. The van der Waals surface area contributed by atoms with Crippen molar-refractivity contribution in [1.29, 1.82) is 0 Å². The maximum Gasteiger partial charge on any atom is 0.264 e. The van der Waals surface area contributed by atoms with Gasteiger partial charge in [0.2, 0.25) is 0 Å². The Morgan fingerprint density at radius 2 is 1.86 bits per heavy atom. The Balaban J connectivity index is 2.12. The molecule has 3 rings (SSSR count). The van der Waals surface area contributed by atoms with Crippen LogP contribution < -0.4 is 9.04 Å². The van der Waals surface area contributed by atoms with Gasteiger partial charge in [-0.1, -0.05) is 43.5 Å². The van der Waals surface area contributed by atoms with Gasteiger partial charge < -0.3 is 4.74 Å². The van der Waals surface area contributed by atoms with Crippen LogP contribution in [0.1, 0.15) is 42.1 Å². The molecule has 0 unspecified atom stereocenters. The van der Waals surface area contributed by atoms with E-state index in [1.807, 2.05) is 13.0 Å². The predicted molar refractivity (Wildman–Crippen MR) is 111 cm³/mol. The van der Waals surface area contributed by atoms with Crippen LogP contribution >= 0.6 is 0 Å². The van der Waals surface area contributed by atoms with E-state index in [-0.39, 0.29) is 17.2 Å². The molecule has 0 aromatic heterocycles. The number of hydrogen-bond donors (Lipinski definition) is 0. The van der Waals surface area contributed by atoms with Crippen LogP contribution in [0, 0.1) is 6.92 Å². The summed E-state index contributed by atoms with van der Waals surface area (Å²) in [6.45, 7) is 4.03. The van der Waals surface area contributed by atoms with Gasteiger partial charge in [0.05, 0.1) is 29.8 Å². The van der Waals surface area contributed by atoms with E-state index in [0.29, 0.717) is 22.6 Å². The number of anilines is 1. The lowest BCUT2D eigenvalue weighted by Gasteiger charge is -2.31. The number of ether oxygens (including phenoxy) is 1. The van der Waals surface area contributed by atoms with Crippen molar-refractivity contribution in [3.63, 3.8) is 0 Å². The molecule has 5 nitrogen and oxygen atoms in total. The van der Waals surface area contributed by atoms with Gasteiger partial charge in [-0.05, 0) is 43.7 Å². The van der Waals surface area contributed by atoms with Crippen molar-refractivity contribution in [2.45, 2.75) is 38.0 Å². The number of allylic oxidation sites excluding steroid dienone is 1. The van der Waals surface area contributed by atoms with E-state index in [2.05, 4.69) is 6.92 Å². The number of aryl methyl sites for hydroxylation is 1. The molecule has 6 heteroatoms. The fraction of sp³-hybridized carbons (Fsp3) is 0.318. The first-order valence-corrected chi connectivity index (χ1v) is 10.8. The van der Waals surface area contributed by atoms with E-state index >= 15 is 0 Å². The first-order chi connectivity index (χ1) is 13.4. The van der Waals surface area contributed by atoms with Crippen LogP contribution in [0.25, 0.3) is 0 Å². The molecule has 0 aliphatic carbocycles. The van der Waals surface area contributed by atoms with Gasteiger partial charge >= 0.3 is 0 Å². The normalized spacial score (nSPS) is 15.6. The fourth-order valence-corrected chi connectivity index (χ4v) is 4.68. The number of Topliss-reactive ketones (excluding diaryl/α,β-unsaturated/α-hetero) is 1. The molecule has 28 heavy (non-hydrogen) atoms. The molecule has 0 fully saturated rings. The zero-order chi connectivity index (χ0) is 20.3. The molecule has 1 aliphatic rings. The minimum absolute atomic E-state index is 0.0398. The molecule has 148 valence electrons. The number of ketones is 1. The highest BCUT2D eigenvalue weighted by atomic mass is 32.2. The number of carbonyl (C=O) groups is 1. The standard InChI is InChI=1S/C22H25NO4S/c1-4-5-6-7-17-15-23(28(25,26)19-11-8-16(2)9-12-19)21-13-10-18(27-3)14-20(21)22(17)24/h7-14H,4-6,15H2,1-3H3. The van der Waals surface area contributed by atoms with Crippen LogP contribution in [-0.4, -0.2) is 27.9 Å². The van der Waals surface area contributed by atoms with Crippen LogP contribution in [0.5, 0.6) is 5.75 Å². The van der Waals surface area contributed by atoms with Crippen molar-refractivity contribution in [3.05, 3.63) is 65.2 Å². The first-order valence-electron chi connectivity index (χ1n) is 9.39. The third-order valence-corrected chi connectivity index (χ3v) is 6.65. The average molecular weight is 400 g/mol. The molecule has 0 radical (unpaired) electrons. The Bertz CT molecular complexity index is 1010. The molecule has 0 bridgehead atoms. The van der Waals surface area contributed by atoms with E-state index in [0.717, 1.165) is 24.8 Å². The largest absolute Gasteiger partial charge is 0.497 e. The topological polar surface area (TPSA) is 63.7 Å². The summed E-state index contributed by atoms with van der Waals surface area (Å²) in [6, 6.07) is 11.7. The van der Waals surface area contributed by atoms with E-state index in [4.69, 9.17) is 4.74 Å². The van der Waals surface area contributed by atoms with E-state index in [1.165, 1.54) is 11.4 Å². The summed E-state index contributed by atoms with van der Waals surface area (Å²) < 4.78 is 33.3. The number of unbranched alkanes of at least 4 members (excludes halogenated alkanes) is 2. The molecule has 2 aromatic rings. The van der Waals surface area contributed by atoms with E-state index in [9.17, 15) is 13.2 Å². The van der Waals surface area contributed by atoms with Gasteiger partial charge in [0.1, 0.15) is 5.75 Å². The van der Waals surface area contributed by atoms with Crippen molar-refractivity contribution in [2.75, 3.05) is 18.0 Å². The Hall–Kier alpha value is -2.60. The third-order valence-electron chi connectivity index (χ3n) is 4.88. The van der Waals surface area contributed by atoms with Gasteiger partial charge in [-0.3, -0.25) is 9.10 Å². The monoisotopic (exact) mass is 399 g/mol. The second-order valence-corrected chi connectivity index (χ2v) is 8.77. The van der Waals surface area contributed by atoms with Gasteiger partial charge in [-0.25, -0.2) is 8.42 Å². The van der Waals surface area contributed by atoms with E-state index in [1.54, 1.807) is 42.5 Å². The van der Waals surface area contributed by atoms with Crippen LogP contribution in [0.3, 0.4) is 0 Å². The number of hydrogen-bond acceptors (Lipinski definition) is 4. The zero-order valence-electron chi connectivity index (χ0n) is 16.4. The molecule has 0 spiro atoms. The minimum Gasteiger partial charge on any atom is -0.497 e. The second kappa shape index (κ2) is 8.19.